The Labute approximate surface area is 128 Å². The summed E-state index contributed by atoms with van der Waals surface area (Å²) in [6, 6.07) is 16.0. The number of benzene rings is 2. The fraction of sp³-hybridized carbons (Fsp3) is 0.0588. The molecule has 0 saturated heterocycles. The molecule has 0 spiro atoms. The molecule has 0 aliphatic rings. The minimum absolute atomic E-state index is 0.388. The third kappa shape index (κ3) is 2.71. The Bertz CT molecular complexity index is 822. The van der Waals surface area contributed by atoms with Gasteiger partial charge in [0.05, 0.1) is 5.52 Å². The second kappa shape index (κ2) is 5.50. The van der Waals surface area contributed by atoms with Crippen molar-refractivity contribution >= 4 is 39.5 Å². The van der Waals surface area contributed by atoms with Gasteiger partial charge in [-0.1, -0.05) is 29.9 Å². The fourth-order valence-electron chi connectivity index (χ4n) is 2.33. The van der Waals surface area contributed by atoms with Crippen LogP contribution < -0.4 is 11.1 Å². The van der Waals surface area contributed by atoms with Crippen molar-refractivity contribution in [2.45, 2.75) is 6.92 Å². The highest BCUT2D eigenvalue weighted by Gasteiger charge is 2.08. The number of nitrogens with zero attached hydrogens (tertiary/aromatic N) is 1. The van der Waals surface area contributed by atoms with Gasteiger partial charge in [0.1, 0.15) is 4.99 Å². The van der Waals surface area contributed by atoms with E-state index in [1.54, 1.807) is 6.20 Å². The molecule has 2 aromatic carbocycles. The number of pyridine rings is 1. The molecule has 3 N–H and O–H groups in total. The molecule has 4 heteroatoms. The van der Waals surface area contributed by atoms with E-state index in [1.807, 2.05) is 55.5 Å². The molecule has 0 unspecified atom stereocenters. The van der Waals surface area contributed by atoms with Crippen molar-refractivity contribution in [3.05, 3.63) is 65.9 Å². The topological polar surface area (TPSA) is 50.9 Å². The van der Waals surface area contributed by atoms with Crippen molar-refractivity contribution < 1.29 is 0 Å². The number of thiocarbonyl (C=S) groups is 1. The standard InChI is InChI=1S/C17H15N3S/c1-11-7-8-16(13(10-11)17(18)21)20-15-6-2-5-14-12(15)4-3-9-19-14/h2-10,20H,1H3,(H2,18,21). The highest BCUT2D eigenvalue weighted by Crippen LogP contribution is 2.27. The number of nitrogens with one attached hydrogen (secondary N) is 1. The number of nitrogens with two attached hydrogens (primary N) is 1. The molecule has 1 aromatic heterocycles. The van der Waals surface area contributed by atoms with Gasteiger partial charge in [0, 0.05) is 28.5 Å². The van der Waals surface area contributed by atoms with E-state index in [0.29, 0.717) is 4.99 Å². The maximum atomic E-state index is 5.83. The summed E-state index contributed by atoms with van der Waals surface area (Å²) in [6.45, 7) is 2.02. The van der Waals surface area contributed by atoms with Gasteiger partial charge in [0.25, 0.3) is 0 Å². The molecular weight excluding hydrogens is 278 g/mol. The van der Waals surface area contributed by atoms with Gasteiger partial charge in [-0.05, 0) is 43.3 Å². The molecule has 0 saturated carbocycles. The zero-order valence-electron chi connectivity index (χ0n) is 11.6. The Hall–Kier alpha value is -2.46. The average Bonchev–Trinajstić information content (AvgIpc) is 2.49. The monoisotopic (exact) mass is 293 g/mol. The normalized spacial score (nSPS) is 10.5. The van der Waals surface area contributed by atoms with E-state index in [2.05, 4.69) is 10.3 Å². The molecule has 3 aromatic rings. The van der Waals surface area contributed by atoms with Gasteiger partial charge in [-0.25, -0.2) is 0 Å². The van der Waals surface area contributed by atoms with Crippen molar-refractivity contribution in [3.8, 4) is 0 Å². The van der Waals surface area contributed by atoms with Crippen molar-refractivity contribution in [2.24, 2.45) is 5.73 Å². The Morgan fingerprint density at radius 3 is 2.76 bits per heavy atom. The second-order valence-corrected chi connectivity index (χ2v) is 5.35. The van der Waals surface area contributed by atoms with Crippen LogP contribution in [0.1, 0.15) is 11.1 Å². The van der Waals surface area contributed by atoms with Gasteiger partial charge < -0.3 is 11.1 Å². The summed E-state index contributed by atoms with van der Waals surface area (Å²) in [6.07, 6.45) is 1.79. The molecule has 104 valence electrons. The summed E-state index contributed by atoms with van der Waals surface area (Å²) in [5.41, 5.74) is 10.7. The SMILES string of the molecule is Cc1ccc(Nc2cccc3ncccc23)c(C(N)=S)c1. The smallest absolute Gasteiger partial charge is 0.106 e. The first-order chi connectivity index (χ1) is 10.1. The molecule has 3 nitrogen and oxygen atoms in total. The third-order valence-corrected chi connectivity index (χ3v) is 3.58. The molecule has 0 atom stereocenters. The van der Waals surface area contributed by atoms with Gasteiger partial charge in [-0.3, -0.25) is 4.98 Å². The van der Waals surface area contributed by atoms with E-state index in [-0.39, 0.29) is 0 Å². The first-order valence-electron chi connectivity index (χ1n) is 6.66. The number of fused-ring (bicyclic) bond motifs is 1. The van der Waals surface area contributed by atoms with E-state index in [9.17, 15) is 0 Å². The fourth-order valence-corrected chi connectivity index (χ4v) is 2.50. The summed E-state index contributed by atoms with van der Waals surface area (Å²) in [5, 5.41) is 4.48. The molecule has 0 aliphatic heterocycles. The molecular formula is C17H15N3S. The summed E-state index contributed by atoms with van der Waals surface area (Å²) >= 11 is 5.15. The molecule has 0 bridgehead atoms. The minimum atomic E-state index is 0.388. The van der Waals surface area contributed by atoms with Crippen LogP contribution in [-0.2, 0) is 0 Å². The predicted octanol–water partition coefficient (Wildman–Crippen LogP) is 3.92. The van der Waals surface area contributed by atoms with Gasteiger partial charge in [0.2, 0.25) is 0 Å². The summed E-state index contributed by atoms with van der Waals surface area (Å²) in [7, 11) is 0. The van der Waals surface area contributed by atoms with E-state index in [1.165, 1.54) is 0 Å². The van der Waals surface area contributed by atoms with Crippen LogP contribution in [0.2, 0.25) is 0 Å². The molecule has 21 heavy (non-hydrogen) atoms. The molecule has 3 rings (SSSR count). The Morgan fingerprint density at radius 2 is 1.95 bits per heavy atom. The zero-order valence-corrected chi connectivity index (χ0v) is 12.4. The van der Waals surface area contributed by atoms with Crippen LogP contribution in [0.3, 0.4) is 0 Å². The summed E-state index contributed by atoms with van der Waals surface area (Å²) < 4.78 is 0. The first-order valence-corrected chi connectivity index (χ1v) is 7.07. The lowest BCUT2D eigenvalue weighted by Crippen LogP contribution is -2.12. The summed E-state index contributed by atoms with van der Waals surface area (Å²) in [4.78, 5) is 4.75. The van der Waals surface area contributed by atoms with Crippen molar-refractivity contribution in [1.29, 1.82) is 0 Å². The van der Waals surface area contributed by atoms with Gasteiger partial charge in [-0.2, -0.15) is 0 Å². The van der Waals surface area contributed by atoms with Crippen LogP contribution in [0.25, 0.3) is 10.9 Å². The Morgan fingerprint density at radius 1 is 1.10 bits per heavy atom. The quantitative estimate of drug-likeness (QED) is 0.719. The van der Waals surface area contributed by atoms with Crippen LogP contribution >= 0.6 is 12.2 Å². The molecule has 0 aliphatic carbocycles. The lowest BCUT2D eigenvalue weighted by Gasteiger charge is -2.13. The number of aromatic nitrogens is 1. The highest BCUT2D eigenvalue weighted by molar-refractivity contribution is 7.80. The largest absolute Gasteiger partial charge is 0.389 e. The van der Waals surface area contributed by atoms with Crippen LogP contribution in [0.4, 0.5) is 11.4 Å². The molecule has 1 heterocycles. The lowest BCUT2D eigenvalue weighted by atomic mass is 10.1. The first kappa shape index (κ1) is 13.5. The molecule has 0 fully saturated rings. The van der Waals surface area contributed by atoms with Crippen LogP contribution in [-0.4, -0.2) is 9.97 Å². The average molecular weight is 293 g/mol. The molecule has 0 amide bonds. The van der Waals surface area contributed by atoms with Crippen molar-refractivity contribution in [1.82, 2.24) is 4.98 Å². The van der Waals surface area contributed by atoms with E-state index < -0.39 is 0 Å². The summed E-state index contributed by atoms with van der Waals surface area (Å²) in [5.74, 6) is 0. The number of anilines is 2. The van der Waals surface area contributed by atoms with E-state index >= 15 is 0 Å². The maximum absolute atomic E-state index is 5.83. The highest BCUT2D eigenvalue weighted by atomic mass is 32.1. The molecule has 0 radical (unpaired) electrons. The number of rotatable bonds is 3. The minimum Gasteiger partial charge on any atom is -0.389 e. The third-order valence-electron chi connectivity index (χ3n) is 3.36. The predicted molar refractivity (Wildman–Crippen MR) is 92.1 cm³/mol. The van der Waals surface area contributed by atoms with Gasteiger partial charge in [0.15, 0.2) is 0 Å². The van der Waals surface area contributed by atoms with Crippen LogP contribution in [0.5, 0.6) is 0 Å². The lowest BCUT2D eigenvalue weighted by molar-refractivity contribution is 1.40. The number of aryl methyl sites for hydroxylation is 1. The van der Waals surface area contributed by atoms with Gasteiger partial charge in [-0.15, -0.1) is 0 Å². The van der Waals surface area contributed by atoms with E-state index in [4.69, 9.17) is 18.0 Å². The van der Waals surface area contributed by atoms with Gasteiger partial charge >= 0.3 is 0 Å². The Balaban J connectivity index is 2.09. The van der Waals surface area contributed by atoms with E-state index in [0.717, 1.165) is 33.4 Å². The number of hydrogen-bond acceptors (Lipinski definition) is 3. The van der Waals surface area contributed by atoms with Crippen LogP contribution in [0, 0.1) is 6.92 Å². The maximum Gasteiger partial charge on any atom is 0.106 e. The van der Waals surface area contributed by atoms with Crippen LogP contribution in [0.15, 0.2) is 54.7 Å². The Kier molecular flexibility index (Phi) is 3.54. The van der Waals surface area contributed by atoms with Crippen molar-refractivity contribution in [3.63, 3.8) is 0 Å². The van der Waals surface area contributed by atoms with Crippen molar-refractivity contribution in [2.75, 3.05) is 5.32 Å². The number of hydrogen-bond donors (Lipinski definition) is 2. The second-order valence-electron chi connectivity index (χ2n) is 4.91. The zero-order chi connectivity index (χ0) is 14.8.